The third-order valence-corrected chi connectivity index (χ3v) is 6.87. The van der Waals surface area contributed by atoms with E-state index >= 15 is 4.39 Å². The van der Waals surface area contributed by atoms with Crippen molar-refractivity contribution in [2.75, 3.05) is 0 Å². The van der Waals surface area contributed by atoms with Crippen LogP contribution < -0.4 is 0 Å². The number of hydrogen-bond donors (Lipinski definition) is 0. The molecule has 35 heavy (non-hydrogen) atoms. The Kier molecular flexibility index (Phi) is 5.42. The fourth-order valence-corrected chi connectivity index (χ4v) is 5.34. The molecule has 0 radical (unpaired) electrons. The summed E-state index contributed by atoms with van der Waals surface area (Å²) in [5.41, 5.74) is 8.51. The van der Waals surface area contributed by atoms with Crippen LogP contribution in [0.25, 0.3) is 32.9 Å². The van der Waals surface area contributed by atoms with E-state index in [4.69, 9.17) is 4.42 Å². The van der Waals surface area contributed by atoms with E-state index in [0.717, 1.165) is 29.4 Å². The van der Waals surface area contributed by atoms with Crippen molar-refractivity contribution in [3.8, 4) is 0 Å². The average Bonchev–Trinajstić information content (AvgIpc) is 3.23. The topological polar surface area (TPSA) is 13.1 Å². The molecule has 1 nitrogen and oxygen atoms in total. The molecule has 170 valence electrons. The molecule has 0 fully saturated rings. The summed E-state index contributed by atoms with van der Waals surface area (Å²) in [7, 11) is 0. The molecule has 0 saturated carbocycles. The molecule has 0 amide bonds. The molecule has 3 aromatic carbocycles. The molecule has 2 heteroatoms. The molecule has 1 aromatic heterocycles. The van der Waals surface area contributed by atoms with Crippen LogP contribution >= 0.6 is 0 Å². The second kappa shape index (κ2) is 8.88. The number of rotatable bonds is 3. The van der Waals surface area contributed by atoms with Crippen LogP contribution in [0.2, 0.25) is 0 Å². The van der Waals surface area contributed by atoms with E-state index in [2.05, 4.69) is 78.9 Å². The van der Waals surface area contributed by atoms with E-state index in [1.165, 1.54) is 38.6 Å². The Morgan fingerprint density at radius 2 is 1.80 bits per heavy atom. The minimum absolute atomic E-state index is 0.307. The molecule has 0 spiro atoms. The normalized spacial score (nSPS) is 17.3. The van der Waals surface area contributed by atoms with Crippen molar-refractivity contribution < 1.29 is 8.81 Å². The maximum atomic E-state index is 15.0. The van der Waals surface area contributed by atoms with Gasteiger partial charge in [0.2, 0.25) is 0 Å². The SMILES string of the molecule is C/C=C\C=C1/CC(c2cccc3ccccc23)=C2C=CC=CCC2=C1c1cc(F)c2occc2c1. The maximum absolute atomic E-state index is 15.0. The van der Waals surface area contributed by atoms with Gasteiger partial charge >= 0.3 is 0 Å². The van der Waals surface area contributed by atoms with Gasteiger partial charge in [0.15, 0.2) is 11.4 Å². The van der Waals surface area contributed by atoms with E-state index in [1.54, 1.807) is 12.3 Å². The number of hydrogen-bond acceptors (Lipinski definition) is 1. The van der Waals surface area contributed by atoms with Gasteiger partial charge < -0.3 is 4.42 Å². The van der Waals surface area contributed by atoms with Crippen LogP contribution in [-0.2, 0) is 0 Å². The van der Waals surface area contributed by atoms with Crippen molar-refractivity contribution in [2.24, 2.45) is 0 Å². The highest BCUT2D eigenvalue weighted by atomic mass is 19.1. The third kappa shape index (κ3) is 3.72. The molecule has 2 aliphatic carbocycles. The Labute approximate surface area is 204 Å². The molecule has 0 bridgehead atoms. The Bertz CT molecular complexity index is 1640. The van der Waals surface area contributed by atoms with E-state index < -0.39 is 0 Å². The summed E-state index contributed by atoms with van der Waals surface area (Å²) in [6.07, 6.45) is 18.0. The van der Waals surface area contributed by atoms with Crippen LogP contribution in [0.3, 0.4) is 0 Å². The summed E-state index contributed by atoms with van der Waals surface area (Å²) in [5, 5.41) is 3.27. The van der Waals surface area contributed by atoms with Crippen molar-refractivity contribution in [3.63, 3.8) is 0 Å². The van der Waals surface area contributed by atoms with Gasteiger partial charge in [0.1, 0.15) is 0 Å². The Balaban J connectivity index is 1.68. The second-order valence-electron chi connectivity index (χ2n) is 8.96. The third-order valence-electron chi connectivity index (χ3n) is 6.87. The summed E-state index contributed by atoms with van der Waals surface area (Å²) in [4.78, 5) is 0. The predicted octanol–water partition coefficient (Wildman–Crippen LogP) is 9.35. The van der Waals surface area contributed by atoms with Gasteiger partial charge in [0, 0.05) is 5.39 Å². The number of halogens is 1. The molecule has 0 aliphatic heterocycles. The van der Waals surface area contributed by atoms with Gasteiger partial charge in [-0.15, -0.1) is 0 Å². The first kappa shape index (κ1) is 21.4. The van der Waals surface area contributed by atoms with Crippen molar-refractivity contribution in [2.45, 2.75) is 19.8 Å². The lowest BCUT2D eigenvalue weighted by Crippen LogP contribution is -2.08. The molecule has 0 saturated heterocycles. The minimum atomic E-state index is -0.328. The summed E-state index contributed by atoms with van der Waals surface area (Å²) in [5.74, 6) is -0.328. The van der Waals surface area contributed by atoms with Crippen LogP contribution in [0.5, 0.6) is 0 Å². The minimum Gasteiger partial charge on any atom is -0.461 e. The maximum Gasteiger partial charge on any atom is 0.169 e. The molecule has 2 aliphatic rings. The standard InChI is InChI=1S/C33H25FO/c1-2-3-10-23-20-30(27-16-9-12-22-11-7-8-13-26(22)27)28-14-5-4-6-15-29(28)32(23)25-19-24-17-18-35-33(24)31(34)21-25/h2-14,16-19,21H,15,20H2,1H3/b3-2-,23-10+. The summed E-state index contributed by atoms with van der Waals surface area (Å²) in [6, 6.07) is 20.6. The van der Waals surface area contributed by atoms with E-state index in [9.17, 15) is 0 Å². The van der Waals surface area contributed by atoms with Crippen molar-refractivity contribution in [1.82, 2.24) is 0 Å². The largest absolute Gasteiger partial charge is 0.461 e. The van der Waals surface area contributed by atoms with Gasteiger partial charge in [-0.1, -0.05) is 85.0 Å². The first-order valence-electron chi connectivity index (χ1n) is 12.0. The first-order valence-corrected chi connectivity index (χ1v) is 12.0. The smallest absolute Gasteiger partial charge is 0.169 e. The average molecular weight is 457 g/mol. The van der Waals surface area contributed by atoms with Crippen molar-refractivity contribution >= 4 is 32.9 Å². The van der Waals surface area contributed by atoms with Gasteiger partial charge in [0.05, 0.1) is 6.26 Å². The molecule has 0 unspecified atom stereocenters. The molecule has 1 heterocycles. The zero-order valence-electron chi connectivity index (χ0n) is 19.6. The molecule has 4 aromatic rings. The lowest BCUT2D eigenvalue weighted by Gasteiger charge is -2.28. The summed E-state index contributed by atoms with van der Waals surface area (Å²) in [6.45, 7) is 2.02. The second-order valence-corrected chi connectivity index (χ2v) is 8.96. The molecular formula is C33H25FO. The highest BCUT2D eigenvalue weighted by Crippen LogP contribution is 2.47. The van der Waals surface area contributed by atoms with Crippen LogP contribution in [-0.4, -0.2) is 0 Å². The zero-order chi connectivity index (χ0) is 23.8. The lowest BCUT2D eigenvalue weighted by atomic mass is 9.75. The Morgan fingerprint density at radius 1 is 0.914 bits per heavy atom. The first-order chi connectivity index (χ1) is 17.2. The zero-order valence-corrected chi connectivity index (χ0v) is 19.6. The molecule has 0 atom stereocenters. The number of furan rings is 1. The predicted molar refractivity (Wildman–Crippen MR) is 144 cm³/mol. The fraction of sp³-hybridized carbons (Fsp3) is 0.0909. The van der Waals surface area contributed by atoms with Crippen LogP contribution in [0.1, 0.15) is 30.9 Å². The summed E-state index contributed by atoms with van der Waals surface area (Å²) < 4.78 is 20.4. The van der Waals surface area contributed by atoms with E-state index in [0.29, 0.717) is 5.58 Å². The van der Waals surface area contributed by atoms with E-state index in [1.807, 2.05) is 25.1 Å². The monoisotopic (exact) mass is 456 g/mol. The molecule has 6 rings (SSSR count). The highest BCUT2D eigenvalue weighted by Gasteiger charge is 2.27. The number of allylic oxidation sites excluding steroid dienone is 12. The summed E-state index contributed by atoms with van der Waals surface area (Å²) >= 11 is 0. The number of benzene rings is 3. The van der Waals surface area contributed by atoms with Crippen LogP contribution in [0, 0.1) is 5.82 Å². The lowest BCUT2D eigenvalue weighted by molar-refractivity contribution is 0.560. The van der Waals surface area contributed by atoms with Gasteiger partial charge in [-0.3, -0.25) is 0 Å². The Morgan fingerprint density at radius 3 is 2.71 bits per heavy atom. The van der Waals surface area contributed by atoms with Crippen LogP contribution in [0.15, 0.2) is 131 Å². The number of fused-ring (bicyclic) bond motifs is 3. The van der Waals surface area contributed by atoms with E-state index in [-0.39, 0.29) is 5.82 Å². The molecule has 0 N–H and O–H groups in total. The fourth-order valence-electron chi connectivity index (χ4n) is 5.34. The van der Waals surface area contributed by atoms with Gasteiger partial charge in [-0.2, -0.15) is 0 Å². The quantitative estimate of drug-likeness (QED) is 0.299. The van der Waals surface area contributed by atoms with Gasteiger partial charge in [-0.05, 0) is 87.7 Å². The van der Waals surface area contributed by atoms with Crippen LogP contribution in [0.4, 0.5) is 4.39 Å². The van der Waals surface area contributed by atoms with Crippen molar-refractivity contribution in [1.29, 1.82) is 0 Å². The van der Waals surface area contributed by atoms with Crippen molar-refractivity contribution in [3.05, 3.63) is 143 Å². The Hall–Kier alpha value is -4.17. The van der Waals surface area contributed by atoms with Gasteiger partial charge in [0.25, 0.3) is 0 Å². The molecular weight excluding hydrogens is 431 g/mol. The van der Waals surface area contributed by atoms with Gasteiger partial charge in [-0.25, -0.2) is 4.39 Å². The highest BCUT2D eigenvalue weighted by molar-refractivity contribution is 6.02.